The molecule has 1 atom stereocenters. The molecule has 3 heterocycles. The Morgan fingerprint density at radius 3 is 2.83 bits per heavy atom. The van der Waals surface area contributed by atoms with Crippen LogP contribution in [0.15, 0.2) is 34.9 Å². The van der Waals surface area contributed by atoms with Gasteiger partial charge in [0.2, 0.25) is 5.91 Å². The van der Waals surface area contributed by atoms with Crippen LogP contribution in [0, 0.1) is 5.92 Å². The molecule has 0 aromatic carbocycles. The van der Waals surface area contributed by atoms with E-state index in [2.05, 4.69) is 20.4 Å². The van der Waals surface area contributed by atoms with Crippen molar-refractivity contribution in [1.82, 2.24) is 15.5 Å². The Bertz CT molecular complexity index is 664. The number of carbonyl (C=O) groups is 1. The van der Waals surface area contributed by atoms with Gasteiger partial charge in [0.25, 0.3) is 0 Å². The summed E-state index contributed by atoms with van der Waals surface area (Å²) in [5.41, 5.74) is 0.721. The lowest BCUT2D eigenvalue weighted by Gasteiger charge is -2.32. The second-order valence-electron chi connectivity index (χ2n) is 6.32. The molecule has 0 spiro atoms. The van der Waals surface area contributed by atoms with Gasteiger partial charge >= 0.3 is 0 Å². The van der Waals surface area contributed by atoms with Crippen molar-refractivity contribution in [2.75, 3.05) is 18.0 Å². The molecule has 23 heavy (non-hydrogen) atoms. The van der Waals surface area contributed by atoms with Crippen molar-refractivity contribution in [1.29, 1.82) is 0 Å². The summed E-state index contributed by atoms with van der Waals surface area (Å²) in [5.74, 6) is 1.78. The summed E-state index contributed by atoms with van der Waals surface area (Å²) >= 11 is 0. The molecule has 1 aliphatic carbocycles. The SMILES string of the molecule is O=C(NC1CC1)C1CCCN(c2ccc(-c3ccco3)nn2)C1. The predicted molar refractivity (Wildman–Crippen MR) is 85.8 cm³/mol. The Hall–Kier alpha value is -2.37. The van der Waals surface area contributed by atoms with Gasteiger partial charge in [0, 0.05) is 19.1 Å². The zero-order valence-electron chi connectivity index (χ0n) is 12.9. The summed E-state index contributed by atoms with van der Waals surface area (Å²) < 4.78 is 5.33. The van der Waals surface area contributed by atoms with Gasteiger partial charge in [-0.25, -0.2) is 0 Å². The number of piperidine rings is 1. The number of hydrogen-bond donors (Lipinski definition) is 1. The highest BCUT2D eigenvalue weighted by atomic mass is 16.3. The first-order chi connectivity index (χ1) is 11.3. The van der Waals surface area contributed by atoms with Crippen LogP contribution >= 0.6 is 0 Å². The van der Waals surface area contributed by atoms with E-state index in [9.17, 15) is 4.79 Å². The molecule has 1 aliphatic heterocycles. The van der Waals surface area contributed by atoms with Gasteiger partial charge in [0.05, 0.1) is 12.2 Å². The second-order valence-corrected chi connectivity index (χ2v) is 6.32. The van der Waals surface area contributed by atoms with Crippen LogP contribution < -0.4 is 10.2 Å². The molecule has 4 rings (SSSR count). The first-order valence-corrected chi connectivity index (χ1v) is 8.22. The summed E-state index contributed by atoms with van der Waals surface area (Å²) in [6, 6.07) is 7.98. The van der Waals surface area contributed by atoms with Gasteiger partial charge in [0.15, 0.2) is 11.6 Å². The number of furan rings is 1. The number of rotatable bonds is 4. The predicted octanol–water partition coefficient (Wildman–Crippen LogP) is 2.23. The lowest BCUT2D eigenvalue weighted by atomic mass is 9.97. The van der Waals surface area contributed by atoms with Gasteiger partial charge in [-0.15, -0.1) is 10.2 Å². The van der Waals surface area contributed by atoms with Gasteiger partial charge in [-0.3, -0.25) is 4.79 Å². The van der Waals surface area contributed by atoms with Gasteiger partial charge in [-0.2, -0.15) is 0 Å². The molecule has 6 nitrogen and oxygen atoms in total. The Balaban J connectivity index is 1.43. The maximum atomic E-state index is 12.2. The van der Waals surface area contributed by atoms with E-state index in [1.165, 1.54) is 0 Å². The number of carbonyl (C=O) groups excluding carboxylic acids is 1. The fraction of sp³-hybridized carbons (Fsp3) is 0.471. The van der Waals surface area contributed by atoms with E-state index in [1.54, 1.807) is 6.26 Å². The molecule has 2 aromatic heterocycles. The molecular formula is C17H20N4O2. The average Bonchev–Trinajstić information content (AvgIpc) is 3.24. The topological polar surface area (TPSA) is 71.3 Å². The number of amides is 1. The number of anilines is 1. The second kappa shape index (κ2) is 6.02. The Morgan fingerprint density at radius 2 is 2.13 bits per heavy atom. The Morgan fingerprint density at radius 1 is 1.22 bits per heavy atom. The van der Waals surface area contributed by atoms with E-state index in [0.717, 1.165) is 43.7 Å². The summed E-state index contributed by atoms with van der Waals surface area (Å²) in [7, 11) is 0. The number of nitrogens with one attached hydrogen (secondary N) is 1. The zero-order valence-corrected chi connectivity index (χ0v) is 12.9. The highest BCUT2D eigenvalue weighted by molar-refractivity contribution is 5.80. The molecule has 2 aliphatic rings. The van der Waals surface area contributed by atoms with Crippen molar-refractivity contribution in [2.24, 2.45) is 5.92 Å². The van der Waals surface area contributed by atoms with Gasteiger partial charge in [-0.05, 0) is 49.9 Å². The van der Waals surface area contributed by atoms with Crippen molar-refractivity contribution in [3.63, 3.8) is 0 Å². The Kier molecular flexibility index (Phi) is 3.73. The first kappa shape index (κ1) is 14.2. The minimum Gasteiger partial charge on any atom is -0.463 e. The van der Waals surface area contributed by atoms with E-state index in [1.807, 2.05) is 24.3 Å². The molecule has 6 heteroatoms. The minimum atomic E-state index is 0.0518. The molecule has 2 aromatic rings. The number of nitrogens with zero attached hydrogens (tertiary/aromatic N) is 3. The standard InChI is InChI=1S/C17H20N4O2/c22-17(18-13-5-6-13)12-3-1-9-21(11-12)16-8-7-14(19-20-16)15-4-2-10-23-15/h2,4,7-8,10,12-13H,1,3,5-6,9,11H2,(H,18,22). The molecule has 1 saturated heterocycles. The quantitative estimate of drug-likeness (QED) is 0.937. The average molecular weight is 312 g/mol. The van der Waals surface area contributed by atoms with Crippen LogP contribution in [0.5, 0.6) is 0 Å². The summed E-state index contributed by atoms with van der Waals surface area (Å²) in [5, 5.41) is 11.7. The van der Waals surface area contributed by atoms with Crippen molar-refractivity contribution >= 4 is 11.7 Å². The molecule has 120 valence electrons. The number of aromatic nitrogens is 2. The smallest absolute Gasteiger partial charge is 0.225 e. The van der Waals surface area contributed by atoms with E-state index >= 15 is 0 Å². The number of hydrogen-bond acceptors (Lipinski definition) is 5. The largest absolute Gasteiger partial charge is 0.463 e. The zero-order chi connectivity index (χ0) is 15.6. The fourth-order valence-corrected chi connectivity index (χ4v) is 3.00. The van der Waals surface area contributed by atoms with Crippen molar-refractivity contribution in [3.05, 3.63) is 30.5 Å². The van der Waals surface area contributed by atoms with E-state index < -0.39 is 0 Å². The summed E-state index contributed by atoms with van der Waals surface area (Å²) in [6.45, 7) is 1.63. The van der Waals surface area contributed by atoms with Crippen LogP contribution in [0.3, 0.4) is 0 Å². The van der Waals surface area contributed by atoms with E-state index in [0.29, 0.717) is 18.3 Å². The van der Waals surface area contributed by atoms with Gasteiger partial charge < -0.3 is 14.6 Å². The first-order valence-electron chi connectivity index (χ1n) is 8.22. The minimum absolute atomic E-state index is 0.0518. The monoisotopic (exact) mass is 312 g/mol. The molecule has 1 N–H and O–H groups in total. The van der Waals surface area contributed by atoms with Gasteiger partial charge in [-0.1, -0.05) is 0 Å². The lowest BCUT2D eigenvalue weighted by molar-refractivity contribution is -0.125. The van der Waals surface area contributed by atoms with Crippen LogP contribution in [0.4, 0.5) is 5.82 Å². The van der Waals surface area contributed by atoms with E-state index in [-0.39, 0.29) is 11.8 Å². The Labute approximate surface area is 134 Å². The third-order valence-corrected chi connectivity index (χ3v) is 4.46. The molecule has 0 radical (unpaired) electrons. The third kappa shape index (κ3) is 3.21. The molecule has 1 amide bonds. The lowest BCUT2D eigenvalue weighted by Crippen LogP contribution is -2.44. The van der Waals surface area contributed by atoms with Crippen LogP contribution in [0.25, 0.3) is 11.5 Å². The fourth-order valence-electron chi connectivity index (χ4n) is 3.00. The molecule has 2 fully saturated rings. The van der Waals surface area contributed by atoms with Crippen molar-refractivity contribution in [3.8, 4) is 11.5 Å². The molecule has 1 saturated carbocycles. The third-order valence-electron chi connectivity index (χ3n) is 4.46. The van der Waals surface area contributed by atoms with E-state index in [4.69, 9.17) is 4.42 Å². The molecule has 1 unspecified atom stereocenters. The van der Waals surface area contributed by atoms with Crippen LogP contribution in [0.1, 0.15) is 25.7 Å². The van der Waals surface area contributed by atoms with Gasteiger partial charge in [0.1, 0.15) is 5.69 Å². The summed E-state index contributed by atoms with van der Waals surface area (Å²) in [4.78, 5) is 14.4. The maximum Gasteiger partial charge on any atom is 0.225 e. The highest BCUT2D eigenvalue weighted by Crippen LogP contribution is 2.25. The molecule has 0 bridgehead atoms. The van der Waals surface area contributed by atoms with Crippen LogP contribution in [-0.4, -0.2) is 35.2 Å². The van der Waals surface area contributed by atoms with Crippen LogP contribution in [0.2, 0.25) is 0 Å². The normalized spacial score (nSPS) is 21.2. The van der Waals surface area contributed by atoms with Crippen molar-refractivity contribution < 1.29 is 9.21 Å². The highest BCUT2D eigenvalue weighted by Gasteiger charge is 2.30. The molecular weight excluding hydrogens is 292 g/mol. The summed E-state index contributed by atoms with van der Waals surface area (Å²) in [6.07, 6.45) is 5.83. The van der Waals surface area contributed by atoms with Crippen LogP contribution in [-0.2, 0) is 4.79 Å². The maximum absolute atomic E-state index is 12.2. The van der Waals surface area contributed by atoms with Crippen molar-refractivity contribution in [2.45, 2.75) is 31.7 Å².